The number of rotatable bonds is 5. The SMILES string of the molecule is C[C@H](c1ccco1)N(C(=O)c1ccc(-c2ccccc2)cc1)c1ccccn1. The molecule has 0 bridgehead atoms. The molecule has 2 aromatic carbocycles. The van der Waals surface area contributed by atoms with E-state index < -0.39 is 0 Å². The summed E-state index contributed by atoms with van der Waals surface area (Å²) in [6.45, 7) is 1.93. The molecule has 0 aliphatic carbocycles. The number of nitrogens with zero attached hydrogens (tertiary/aromatic N) is 2. The van der Waals surface area contributed by atoms with Crippen LogP contribution in [0, 0.1) is 0 Å². The van der Waals surface area contributed by atoms with E-state index in [0.29, 0.717) is 17.1 Å². The highest BCUT2D eigenvalue weighted by Gasteiger charge is 2.27. The molecule has 138 valence electrons. The Hall–Kier alpha value is -3.66. The molecule has 0 saturated carbocycles. The zero-order valence-electron chi connectivity index (χ0n) is 15.5. The second kappa shape index (κ2) is 7.92. The van der Waals surface area contributed by atoms with Crippen molar-refractivity contribution in [3.05, 3.63) is 109 Å². The third-order valence-electron chi connectivity index (χ3n) is 4.70. The first-order valence-electron chi connectivity index (χ1n) is 9.17. The fourth-order valence-corrected chi connectivity index (χ4v) is 3.21. The topological polar surface area (TPSA) is 46.3 Å². The monoisotopic (exact) mass is 368 g/mol. The third kappa shape index (κ3) is 3.58. The van der Waals surface area contributed by atoms with Crippen LogP contribution in [-0.4, -0.2) is 10.9 Å². The molecular weight excluding hydrogens is 348 g/mol. The van der Waals surface area contributed by atoms with Crippen LogP contribution in [0.4, 0.5) is 5.82 Å². The molecule has 0 aliphatic heterocycles. The number of anilines is 1. The summed E-state index contributed by atoms with van der Waals surface area (Å²) < 4.78 is 5.54. The fourth-order valence-electron chi connectivity index (χ4n) is 3.21. The molecule has 0 spiro atoms. The van der Waals surface area contributed by atoms with Crippen molar-refractivity contribution in [2.24, 2.45) is 0 Å². The van der Waals surface area contributed by atoms with Crippen molar-refractivity contribution < 1.29 is 9.21 Å². The molecule has 0 radical (unpaired) electrons. The van der Waals surface area contributed by atoms with Crippen molar-refractivity contribution in [2.45, 2.75) is 13.0 Å². The summed E-state index contributed by atoms with van der Waals surface area (Å²) in [7, 11) is 0. The quantitative estimate of drug-likeness (QED) is 0.451. The van der Waals surface area contributed by atoms with Gasteiger partial charge in [-0.1, -0.05) is 48.5 Å². The van der Waals surface area contributed by atoms with Gasteiger partial charge in [-0.3, -0.25) is 9.69 Å². The Labute approximate surface area is 164 Å². The van der Waals surface area contributed by atoms with Crippen LogP contribution >= 0.6 is 0 Å². The maximum Gasteiger partial charge on any atom is 0.260 e. The number of aromatic nitrogens is 1. The van der Waals surface area contributed by atoms with Gasteiger partial charge in [0.1, 0.15) is 11.6 Å². The maximum atomic E-state index is 13.4. The Morgan fingerprint density at radius 1 is 0.857 bits per heavy atom. The van der Waals surface area contributed by atoms with Crippen LogP contribution in [-0.2, 0) is 0 Å². The number of furan rings is 1. The summed E-state index contributed by atoms with van der Waals surface area (Å²) in [4.78, 5) is 19.4. The van der Waals surface area contributed by atoms with Gasteiger partial charge in [0.25, 0.3) is 5.91 Å². The van der Waals surface area contributed by atoms with Crippen molar-refractivity contribution in [2.75, 3.05) is 4.90 Å². The molecule has 28 heavy (non-hydrogen) atoms. The predicted molar refractivity (Wildman–Crippen MR) is 110 cm³/mol. The van der Waals surface area contributed by atoms with Crippen LogP contribution in [0.25, 0.3) is 11.1 Å². The lowest BCUT2D eigenvalue weighted by molar-refractivity contribution is 0.0974. The minimum Gasteiger partial charge on any atom is -0.467 e. The Balaban J connectivity index is 1.67. The van der Waals surface area contributed by atoms with Gasteiger partial charge in [-0.15, -0.1) is 0 Å². The minimum absolute atomic E-state index is 0.123. The van der Waals surface area contributed by atoms with E-state index in [1.807, 2.05) is 79.7 Å². The molecule has 1 atom stereocenters. The van der Waals surface area contributed by atoms with Gasteiger partial charge < -0.3 is 4.42 Å². The number of hydrogen-bond acceptors (Lipinski definition) is 3. The normalized spacial score (nSPS) is 11.8. The van der Waals surface area contributed by atoms with Crippen LogP contribution in [0.2, 0.25) is 0 Å². The summed E-state index contributed by atoms with van der Waals surface area (Å²) in [5, 5.41) is 0. The number of carbonyl (C=O) groups is 1. The minimum atomic E-state index is -0.286. The zero-order chi connectivity index (χ0) is 19.3. The Morgan fingerprint density at radius 2 is 1.57 bits per heavy atom. The lowest BCUT2D eigenvalue weighted by Crippen LogP contribution is -2.34. The number of amides is 1. The number of carbonyl (C=O) groups excluding carboxylic acids is 1. The van der Waals surface area contributed by atoms with E-state index in [1.165, 1.54) is 0 Å². The van der Waals surface area contributed by atoms with E-state index in [0.717, 1.165) is 11.1 Å². The predicted octanol–water partition coefficient (Wildman–Crippen LogP) is 5.75. The molecule has 0 aliphatic rings. The third-order valence-corrected chi connectivity index (χ3v) is 4.70. The number of pyridine rings is 1. The van der Waals surface area contributed by atoms with Crippen LogP contribution in [0.5, 0.6) is 0 Å². The van der Waals surface area contributed by atoms with Gasteiger partial charge >= 0.3 is 0 Å². The van der Waals surface area contributed by atoms with Gasteiger partial charge in [-0.25, -0.2) is 4.98 Å². The highest BCUT2D eigenvalue weighted by Crippen LogP contribution is 2.28. The largest absolute Gasteiger partial charge is 0.467 e. The second-order valence-corrected chi connectivity index (χ2v) is 6.50. The molecule has 0 fully saturated rings. The Bertz CT molecular complexity index is 1030. The summed E-state index contributed by atoms with van der Waals surface area (Å²) in [6, 6.07) is 26.7. The molecule has 2 aromatic heterocycles. The van der Waals surface area contributed by atoms with Crippen LogP contribution in [0.3, 0.4) is 0 Å². The van der Waals surface area contributed by atoms with Gasteiger partial charge in [0.05, 0.1) is 12.3 Å². The standard InChI is InChI=1S/C24H20N2O2/c1-18(22-10-7-17-28-22)26(23-11-5-6-16-25-23)24(27)21-14-12-20(13-15-21)19-8-3-2-4-9-19/h2-18H,1H3/t18-/m1/s1. The van der Waals surface area contributed by atoms with Gasteiger partial charge in [0.2, 0.25) is 0 Å². The van der Waals surface area contributed by atoms with E-state index >= 15 is 0 Å². The van der Waals surface area contributed by atoms with Crippen molar-refractivity contribution in [3.8, 4) is 11.1 Å². The molecule has 4 nitrogen and oxygen atoms in total. The molecule has 4 heteroatoms. The number of hydrogen-bond donors (Lipinski definition) is 0. The summed E-state index contributed by atoms with van der Waals surface area (Å²) in [6.07, 6.45) is 3.30. The molecule has 1 amide bonds. The molecule has 4 aromatic rings. The summed E-state index contributed by atoms with van der Waals surface area (Å²) in [5.41, 5.74) is 2.79. The van der Waals surface area contributed by atoms with E-state index in [4.69, 9.17) is 4.42 Å². The van der Waals surface area contributed by atoms with Crippen molar-refractivity contribution >= 4 is 11.7 Å². The van der Waals surface area contributed by atoms with Crippen molar-refractivity contribution in [1.82, 2.24) is 4.98 Å². The van der Waals surface area contributed by atoms with Crippen molar-refractivity contribution in [3.63, 3.8) is 0 Å². The van der Waals surface area contributed by atoms with E-state index in [2.05, 4.69) is 17.1 Å². The smallest absolute Gasteiger partial charge is 0.260 e. The van der Waals surface area contributed by atoms with E-state index in [-0.39, 0.29) is 11.9 Å². The summed E-state index contributed by atoms with van der Waals surface area (Å²) in [5.74, 6) is 1.17. The highest BCUT2D eigenvalue weighted by molar-refractivity contribution is 6.06. The van der Waals surface area contributed by atoms with Crippen LogP contribution in [0.1, 0.15) is 29.1 Å². The van der Waals surface area contributed by atoms with Gasteiger partial charge in [0.15, 0.2) is 0 Å². The molecule has 4 rings (SSSR count). The van der Waals surface area contributed by atoms with Gasteiger partial charge in [-0.2, -0.15) is 0 Å². The lowest BCUT2D eigenvalue weighted by Gasteiger charge is -2.27. The van der Waals surface area contributed by atoms with Gasteiger partial charge in [-0.05, 0) is 54.4 Å². The van der Waals surface area contributed by atoms with Crippen LogP contribution < -0.4 is 4.90 Å². The molecule has 0 unspecified atom stereocenters. The van der Waals surface area contributed by atoms with Gasteiger partial charge in [0, 0.05) is 11.8 Å². The second-order valence-electron chi connectivity index (χ2n) is 6.50. The first-order chi connectivity index (χ1) is 13.7. The number of benzene rings is 2. The van der Waals surface area contributed by atoms with E-state index in [1.54, 1.807) is 17.4 Å². The zero-order valence-corrected chi connectivity index (χ0v) is 15.5. The van der Waals surface area contributed by atoms with Crippen molar-refractivity contribution in [1.29, 1.82) is 0 Å². The summed E-state index contributed by atoms with van der Waals surface area (Å²) >= 11 is 0. The molecule has 2 heterocycles. The molecular formula is C24H20N2O2. The maximum absolute atomic E-state index is 13.4. The van der Waals surface area contributed by atoms with E-state index in [9.17, 15) is 4.79 Å². The Morgan fingerprint density at radius 3 is 2.21 bits per heavy atom. The molecule has 0 N–H and O–H groups in total. The first-order valence-corrected chi connectivity index (χ1v) is 9.17. The van der Waals surface area contributed by atoms with Crippen LogP contribution in [0.15, 0.2) is 102 Å². The highest BCUT2D eigenvalue weighted by atomic mass is 16.3. The lowest BCUT2D eigenvalue weighted by atomic mass is 10.0. The molecule has 0 saturated heterocycles. The average Bonchev–Trinajstić information content (AvgIpc) is 3.30. The first kappa shape index (κ1) is 17.7. The Kier molecular flexibility index (Phi) is 5.02. The average molecular weight is 368 g/mol. The fraction of sp³-hybridized carbons (Fsp3) is 0.0833.